The summed E-state index contributed by atoms with van der Waals surface area (Å²) in [4.78, 5) is 5.56. The summed E-state index contributed by atoms with van der Waals surface area (Å²) in [6.07, 6.45) is 5.11. The van der Waals surface area contributed by atoms with Gasteiger partial charge in [0.05, 0.1) is 5.01 Å². The van der Waals surface area contributed by atoms with Gasteiger partial charge >= 0.3 is 0 Å². The van der Waals surface area contributed by atoms with Crippen molar-refractivity contribution in [3.05, 3.63) is 16.1 Å². The largest absolute Gasteiger partial charge is 0.250 e. The summed E-state index contributed by atoms with van der Waals surface area (Å²) in [7, 11) is 0. The molecule has 0 aromatic carbocycles. The number of rotatable bonds is 6. The Morgan fingerprint density at radius 3 is 2.47 bits per heavy atom. The van der Waals surface area contributed by atoms with Crippen molar-refractivity contribution >= 4 is 34.5 Å². The number of aromatic nitrogens is 1. The second-order valence-corrected chi connectivity index (χ2v) is 5.89. The van der Waals surface area contributed by atoms with Crippen molar-refractivity contribution < 1.29 is 0 Å². The maximum Gasteiger partial charge on any atom is 0.0896 e. The van der Waals surface area contributed by atoms with Crippen LogP contribution in [-0.2, 0) is 6.42 Å². The average Bonchev–Trinajstić information content (AvgIpc) is 2.63. The highest BCUT2D eigenvalue weighted by atomic mass is 35.5. The summed E-state index contributed by atoms with van der Waals surface area (Å²) in [5.74, 6) is 1.25. The fourth-order valence-electron chi connectivity index (χ4n) is 1.74. The molecule has 0 atom stereocenters. The summed E-state index contributed by atoms with van der Waals surface area (Å²) >= 11 is 13.9. The number of alkyl halides is 2. The fourth-order valence-corrected chi connectivity index (χ4v) is 3.45. The second kappa shape index (κ2) is 6.07. The van der Waals surface area contributed by atoms with Crippen LogP contribution in [0.4, 0.5) is 0 Å². The van der Waals surface area contributed by atoms with Crippen LogP contribution in [0.1, 0.15) is 29.7 Å². The van der Waals surface area contributed by atoms with E-state index in [1.54, 1.807) is 11.3 Å². The standard InChI is InChI=1S/C11H17Cl2NS/c1-3-4-11(7-12,8-13)5-10-6-14-9(2)15-10/h6H,3-5,7-8H2,1-2H3. The van der Waals surface area contributed by atoms with Crippen LogP contribution >= 0.6 is 34.5 Å². The van der Waals surface area contributed by atoms with Gasteiger partial charge in [0.2, 0.25) is 0 Å². The lowest BCUT2D eigenvalue weighted by Crippen LogP contribution is -2.27. The molecule has 0 aliphatic rings. The Morgan fingerprint density at radius 1 is 1.40 bits per heavy atom. The van der Waals surface area contributed by atoms with E-state index in [4.69, 9.17) is 23.2 Å². The Labute approximate surface area is 106 Å². The molecule has 0 spiro atoms. The van der Waals surface area contributed by atoms with Gasteiger partial charge in [0.15, 0.2) is 0 Å². The first-order chi connectivity index (χ1) is 7.15. The Kier molecular flexibility index (Phi) is 5.37. The third kappa shape index (κ3) is 3.61. The van der Waals surface area contributed by atoms with Crippen molar-refractivity contribution in [1.82, 2.24) is 4.98 Å². The molecular formula is C11H17Cl2NS. The monoisotopic (exact) mass is 265 g/mol. The first-order valence-corrected chi connectivity index (χ1v) is 7.07. The van der Waals surface area contributed by atoms with Crippen molar-refractivity contribution in [3.63, 3.8) is 0 Å². The molecule has 1 aromatic heterocycles. The van der Waals surface area contributed by atoms with Crippen LogP contribution in [0, 0.1) is 12.3 Å². The zero-order valence-electron chi connectivity index (χ0n) is 9.22. The molecule has 0 radical (unpaired) electrons. The third-order valence-electron chi connectivity index (χ3n) is 2.57. The van der Waals surface area contributed by atoms with Gasteiger partial charge in [-0.15, -0.1) is 34.5 Å². The van der Waals surface area contributed by atoms with E-state index in [1.807, 2.05) is 13.1 Å². The molecule has 0 fully saturated rings. The highest BCUT2D eigenvalue weighted by Crippen LogP contribution is 2.33. The van der Waals surface area contributed by atoms with E-state index in [1.165, 1.54) is 4.88 Å². The van der Waals surface area contributed by atoms with Crippen LogP contribution in [-0.4, -0.2) is 16.7 Å². The van der Waals surface area contributed by atoms with Gasteiger partial charge in [-0.05, 0) is 19.8 Å². The molecule has 1 heterocycles. The average molecular weight is 266 g/mol. The van der Waals surface area contributed by atoms with Gasteiger partial charge in [-0.1, -0.05) is 13.3 Å². The quantitative estimate of drug-likeness (QED) is 0.701. The molecule has 0 saturated carbocycles. The smallest absolute Gasteiger partial charge is 0.0896 e. The van der Waals surface area contributed by atoms with Crippen LogP contribution in [0.2, 0.25) is 0 Å². The minimum absolute atomic E-state index is 0.0524. The van der Waals surface area contributed by atoms with Gasteiger partial charge in [-0.3, -0.25) is 0 Å². The van der Waals surface area contributed by atoms with Gasteiger partial charge in [0.25, 0.3) is 0 Å². The number of hydrogen-bond donors (Lipinski definition) is 0. The molecule has 0 N–H and O–H groups in total. The summed E-state index contributed by atoms with van der Waals surface area (Å²) in [6.45, 7) is 4.20. The Bertz CT molecular complexity index is 295. The molecule has 0 amide bonds. The number of halogens is 2. The zero-order valence-corrected chi connectivity index (χ0v) is 11.6. The van der Waals surface area contributed by atoms with Crippen molar-refractivity contribution in [2.75, 3.05) is 11.8 Å². The van der Waals surface area contributed by atoms with E-state index >= 15 is 0 Å². The highest BCUT2D eigenvalue weighted by molar-refractivity contribution is 7.11. The topological polar surface area (TPSA) is 12.9 Å². The first kappa shape index (κ1) is 13.3. The highest BCUT2D eigenvalue weighted by Gasteiger charge is 2.28. The van der Waals surface area contributed by atoms with E-state index in [-0.39, 0.29) is 5.41 Å². The van der Waals surface area contributed by atoms with Gasteiger partial charge in [0.1, 0.15) is 0 Å². The number of thiazole rings is 1. The van der Waals surface area contributed by atoms with Gasteiger partial charge < -0.3 is 0 Å². The van der Waals surface area contributed by atoms with E-state index < -0.39 is 0 Å². The molecule has 0 bridgehead atoms. The van der Waals surface area contributed by atoms with Crippen LogP contribution < -0.4 is 0 Å². The Hall–Kier alpha value is 0.210. The van der Waals surface area contributed by atoms with Crippen molar-refractivity contribution in [2.45, 2.75) is 33.1 Å². The SMILES string of the molecule is CCCC(CCl)(CCl)Cc1cnc(C)s1. The molecule has 1 aromatic rings. The molecule has 0 saturated heterocycles. The fraction of sp³-hybridized carbons (Fsp3) is 0.727. The van der Waals surface area contributed by atoms with Gasteiger partial charge in [0, 0.05) is 28.2 Å². The lowest BCUT2D eigenvalue weighted by molar-refractivity contribution is 0.343. The second-order valence-electron chi connectivity index (χ2n) is 4.04. The van der Waals surface area contributed by atoms with Crippen LogP contribution in [0.3, 0.4) is 0 Å². The molecular weight excluding hydrogens is 249 g/mol. The number of aryl methyl sites for hydroxylation is 1. The van der Waals surface area contributed by atoms with Crippen LogP contribution in [0.15, 0.2) is 6.20 Å². The summed E-state index contributed by atoms with van der Waals surface area (Å²) < 4.78 is 0. The summed E-state index contributed by atoms with van der Waals surface area (Å²) in [5.41, 5.74) is 0.0524. The van der Waals surface area contributed by atoms with E-state index in [2.05, 4.69) is 11.9 Å². The predicted molar refractivity (Wildman–Crippen MR) is 69.3 cm³/mol. The third-order valence-corrected chi connectivity index (χ3v) is 4.61. The Morgan fingerprint density at radius 2 is 2.07 bits per heavy atom. The van der Waals surface area contributed by atoms with Crippen molar-refractivity contribution in [2.24, 2.45) is 5.41 Å². The summed E-state index contributed by atoms with van der Waals surface area (Å²) in [5, 5.41) is 1.11. The van der Waals surface area contributed by atoms with Crippen molar-refractivity contribution in [3.8, 4) is 0 Å². The Balaban J connectivity index is 2.73. The van der Waals surface area contributed by atoms with Gasteiger partial charge in [-0.2, -0.15) is 0 Å². The molecule has 4 heteroatoms. The molecule has 1 nitrogen and oxygen atoms in total. The molecule has 0 unspecified atom stereocenters. The van der Waals surface area contributed by atoms with Crippen LogP contribution in [0.25, 0.3) is 0 Å². The molecule has 0 aliphatic carbocycles. The van der Waals surface area contributed by atoms with Gasteiger partial charge in [-0.25, -0.2) is 4.98 Å². The molecule has 1 rings (SSSR count). The number of nitrogens with zero attached hydrogens (tertiary/aromatic N) is 1. The first-order valence-electron chi connectivity index (χ1n) is 5.19. The maximum absolute atomic E-state index is 6.06. The molecule has 86 valence electrons. The van der Waals surface area contributed by atoms with E-state index in [0.29, 0.717) is 11.8 Å². The predicted octanol–water partition coefficient (Wildman–Crippen LogP) is 4.26. The molecule has 0 aliphatic heterocycles. The van der Waals surface area contributed by atoms with Crippen LogP contribution in [0.5, 0.6) is 0 Å². The minimum Gasteiger partial charge on any atom is -0.250 e. The van der Waals surface area contributed by atoms with E-state index in [9.17, 15) is 0 Å². The lowest BCUT2D eigenvalue weighted by Gasteiger charge is -2.28. The zero-order chi connectivity index (χ0) is 11.3. The molecule has 15 heavy (non-hydrogen) atoms. The van der Waals surface area contributed by atoms with Crippen molar-refractivity contribution in [1.29, 1.82) is 0 Å². The maximum atomic E-state index is 6.06. The number of hydrogen-bond acceptors (Lipinski definition) is 2. The summed E-state index contributed by atoms with van der Waals surface area (Å²) in [6, 6.07) is 0. The lowest BCUT2D eigenvalue weighted by atomic mass is 9.84. The minimum atomic E-state index is 0.0524. The van der Waals surface area contributed by atoms with E-state index in [0.717, 1.165) is 24.3 Å². The normalized spacial score (nSPS) is 12.0.